The van der Waals surface area contributed by atoms with E-state index in [9.17, 15) is 9.59 Å². The van der Waals surface area contributed by atoms with Gasteiger partial charge in [-0.15, -0.1) is 0 Å². The molecule has 5 nitrogen and oxygen atoms in total. The number of aromatic nitrogens is 1. The Hall–Kier alpha value is -3.47. The molecule has 0 unspecified atom stereocenters. The second-order valence-corrected chi connectivity index (χ2v) is 7.70. The lowest BCUT2D eigenvalue weighted by Gasteiger charge is -2.20. The number of Topliss-reactive ketones (excluding diaryl/α,β-unsaturated/α-hetero) is 1. The molecule has 3 aromatic rings. The summed E-state index contributed by atoms with van der Waals surface area (Å²) in [6, 6.07) is 18.6. The summed E-state index contributed by atoms with van der Waals surface area (Å²) in [6.07, 6.45) is 3.12. The molecule has 1 N–H and O–H groups in total. The summed E-state index contributed by atoms with van der Waals surface area (Å²) >= 11 is 0. The molecule has 1 heterocycles. The molecular formula is C24H24N2O3. The highest BCUT2D eigenvalue weighted by Crippen LogP contribution is 2.22. The molecule has 5 heteroatoms. The van der Waals surface area contributed by atoms with Gasteiger partial charge < -0.3 is 4.74 Å². The number of benzene rings is 2. The minimum absolute atomic E-state index is 0.0234. The lowest BCUT2D eigenvalue weighted by molar-refractivity contribution is 0.0635. The number of pyridine rings is 1. The largest absolute Gasteiger partial charge is 0.444 e. The molecule has 1 aromatic heterocycles. The molecule has 0 fully saturated rings. The first-order valence-corrected chi connectivity index (χ1v) is 9.43. The third-order valence-electron chi connectivity index (χ3n) is 4.22. The number of nitrogens with one attached hydrogen (secondary N) is 1. The lowest BCUT2D eigenvalue weighted by Crippen LogP contribution is -2.27. The number of rotatable bonds is 5. The number of carbonyl (C=O) groups is 2. The Morgan fingerprint density at radius 1 is 0.897 bits per heavy atom. The maximum absolute atomic E-state index is 12.8. The molecule has 0 atom stereocenters. The van der Waals surface area contributed by atoms with E-state index < -0.39 is 11.7 Å². The van der Waals surface area contributed by atoms with Crippen LogP contribution in [0.4, 0.5) is 10.5 Å². The van der Waals surface area contributed by atoms with E-state index in [1.54, 1.807) is 39.2 Å². The number of hydrogen-bond acceptors (Lipinski definition) is 4. The van der Waals surface area contributed by atoms with Crippen molar-refractivity contribution in [2.24, 2.45) is 0 Å². The van der Waals surface area contributed by atoms with Crippen LogP contribution < -0.4 is 5.32 Å². The predicted octanol–water partition coefficient (Wildman–Crippen LogP) is 5.52. The van der Waals surface area contributed by atoms with Gasteiger partial charge in [0.05, 0.1) is 0 Å². The normalized spacial score (nSPS) is 11.0. The van der Waals surface area contributed by atoms with Gasteiger partial charge in [0.25, 0.3) is 0 Å². The Kier molecular flexibility index (Phi) is 6.07. The van der Waals surface area contributed by atoms with Crippen LogP contribution in [-0.2, 0) is 11.2 Å². The fourth-order valence-corrected chi connectivity index (χ4v) is 2.88. The molecule has 3 rings (SSSR count). The summed E-state index contributed by atoms with van der Waals surface area (Å²) in [5.41, 5.74) is 3.41. The van der Waals surface area contributed by atoms with Crippen LogP contribution >= 0.6 is 0 Å². The first-order valence-electron chi connectivity index (χ1n) is 9.43. The molecule has 148 valence electrons. The number of ketones is 1. The zero-order chi connectivity index (χ0) is 20.9. The van der Waals surface area contributed by atoms with E-state index in [1.807, 2.05) is 54.6 Å². The molecule has 2 aromatic carbocycles. The van der Waals surface area contributed by atoms with Crippen molar-refractivity contribution in [1.29, 1.82) is 0 Å². The van der Waals surface area contributed by atoms with Gasteiger partial charge >= 0.3 is 6.09 Å². The Labute approximate surface area is 170 Å². The summed E-state index contributed by atoms with van der Waals surface area (Å²) in [7, 11) is 0. The van der Waals surface area contributed by atoms with Crippen molar-refractivity contribution in [3.05, 3.63) is 84.2 Å². The Morgan fingerprint density at radius 2 is 1.52 bits per heavy atom. The summed E-state index contributed by atoms with van der Waals surface area (Å²) in [4.78, 5) is 28.9. The Balaban J connectivity index is 1.72. The van der Waals surface area contributed by atoms with Crippen LogP contribution in [0.1, 0.15) is 36.7 Å². The van der Waals surface area contributed by atoms with Gasteiger partial charge in [0.1, 0.15) is 5.60 Å². The summed E-state index contributed by atoms with van der Waals surface area (Å²) < 4.78 is 5.30. The van der Waals surface area contributed by atoms with Gasteiger partial charge in [-0.05, 0) is 55.7 Å². The smallest absolute Gasteiger partial charge is 0.412 e. The van der Waals surface area contributed by atoms with Crippen molar-refractivity contribution in [3.63, 3.8) is 0 Å². The third-order valence-corrected chi connectivity index (χ3v) is 4.22. The van der Waals surface area contributed by atoms with E-state index in [0.717, 1.165) is 16.7 Å². The van der Waals surface area contributed by atoms with Crippen LogP contribution in [0.25, 0.3) is 11.1 Å². The first kappa shape index (κ1) is 20.3. The van der Waals surface area contributed by atoms with Gasteiger partial charge in [0.2, 0.25) is 0 Å². The minimum atomic E-state index is -0.592. The zero-order valence-electron chi connectivity index (χ0n) is 16.8. The van der Waals surface area contributed by atoms with Gasteiger partial charge in [-0.25, -0.2) is 4.79 Å². The number of ether oxygens (including phenoxy) is 1. The molecule has 0 saturated carbocycles. The van der Waals surface area contributed by atoms with Crippen molar-refractivity contribution in [2.45, 2.75) is 32.8 Å². The molecule has 0 aliphatic carbocycles. The third kappa shape index (κ3) is 5.75. The van der Waals surface area contributed by atoms with E-state index in [4.69, 9.17) is 4.74 Å². The average molecular weight is 388 g/mol. The highest BCUT2D eigenvalue weighted by molar-refractivity contribution is 5.99. The number of nitrogens with zero attached hydrogens (tertiary/aromatic N) is 1. The monoisotopic (exact) mass is 388 g/mol. The first-order chi connectivity index (χ1) is 13.8. The highest BCUT2D eigenvalue weighted by Gasteiger charge is 2.18. The van der Waals surface area contributed by atoms with E-state index in [-0.39, 0.29) is 12.2 Å². The number of anilines is 1. The molecule has 0 spiro atoms. The number of carbonyl (C=O) groups excluding carboxylic acids is 2. The highest BCUT2D eigenvalue weighted by atomic mass is 16.6. The maximum atomic E-state index is 12.8. The number of hydrogen-bond donors (Lipinski definition) is 1. The standard InChI is InChI=1S/C24H24N2O3/c1-24(2,3)29-23(28)26-21-7-5-4-6-20(21)16-22(27)19-10-8-17(9-11-19)18-12-14-25-15-13-18/h4-15H,16H2,1-3H3,(H,26,28). The lowest BCUT2D eigenvalue weighted by atomic mass is 9.99. The zero-order valence-corrected chi connectivity index (χ0v) is 16.8. The summed E-state index contributed by atoms with van der Waals surface area (Å²) in [6.45, 7) is 5.41. The second kappa shape index (κ2) is 8.69. The number of para-hydroxylation sites is 1. The molecule has 0 saturated heterocycles. The van der Waals surface area contributed by atoms with E-state index in [1.165, 1.54) is 0 Å². The van der Waals surface area contributed by atoms with Gasteiger partial charge in [0, 0.05) is 30.1 Å². The van der Waals surface area contributed by atoms with E-state index in [2.05, 4.69) is 10.3 Å². The van der Waals surface area contributed by atoms with E-state index in [0.29, 0.717) is 11.3 Å². The van der Waals surface area contributed by atoms with Gasteiger partial charge in [-0.3, -0.25) is 15.1 Å². The van der Waals surface area contributed by atoms with Crippen LogP contribution in [0, 0.1) is 0 Å². The number of amides is 1. The molecule has 1 amide bonds. The molecular weight excluding hydrogens is 364 g/mol. The van der Waals surface area contributed by atoms with Crippen molar-refractivity contribution in [2.75, 3.05) is 5.32 Å². The minimum Gasteiger partial charge on any atom is -0.444 e. The second-order valence-electron chi connectivity index (χ2n) is 7.70. The molecule has 0 radical (unpaired) electrons. The molecule has 29 heavy (non-hydrogen) atoms. The van der Waals surface area contributed by atoms with Gasteiger partial charge in [-0.1, -0.05) is 42.5 Å². The average Bonchev–Trinajstić information content (AvgIpc) is 2.69. The van der Waals surface area contributed by atoms with Crippen molar-refractivity contribution in [3.8, 4) is 11.1 Å². The maximum Gasteiger partial charge on any atom is 0.412 e. The quantitative estimate of drug-likeness (QED) is 0.584. The van der Waals surface area contributed by atoms with Crippen molar-refractivity contribution < 1.29 is 14.3 Å². The molecule has 0 aliphatic rings. The summed E-state index contributed by atoms with van der Waals surface area (Å²) in [5, 5.41) is 2.74. The van der Waals surface area contributed by atoms with Crippen LogP contribution in [-0.4, -0.2) is 22.5 Å². The van der Waals surface area contributed by atoms with Crippen LogP contribution in [0.2, 0.25) is 0 Å². The SMILES string of the molecule is CC(C)(C)OC(=O)Nc1ccccc1CC(=O)c1ccc(-c2ccncc2)cc1. The predicted molar refractivity (Wildman–Crippen MR) is 114 cm³/mol. The van der Waals surface area contributed by atoms with Gasteiger partial charge in [0.15, 0.2) is 5.78 Å². The summed E-state index contributed by atoms with van der Waals surface area (Å²) in [5.74, 6) is -0.0234. The fourth-order valence-electron chi connectivity index (χ4n) is 2.88. The van der Waals surface area contributed by atoms with E-state index >= 15 is 0 Å². The Morgan fingerprint density at radius 3 is 2.17 bits per heavy atom. The van der Waals surface area contributed by atoms with Gasteiger partial charge in [-0.2, -0.15) is 0 Å². The van der Waals surface area contributed by atoms with Crippen molar-refractivity contribution in [1.82, 2.24) is 4.98 Å². The van der Waals surface area contributed by atoms with Crippen LogP contribution in [0.15, 0.2) is 73.1 Å². The fraction of sp³-hybridized carbons (Fsp3) is 0.208. The van der Waals surface area contributed by atoms with Crippen LogP contribution in [0.5, 0.6) is 0 Å². The molecule has 0 bridgehead atoms. The molecule has 0 aliphatic heterocycles. The van der Waals surface area contributed by atoms with Crippen molar-refractivity contribution >= 4 is 17.6 Å². The topological polar surface area (TPSA) is 68.3 Å². The Bertz CT molecular complexity index is 991. The van der Waals surface area contributed by atoms with Crippen LogP contribution in [0.3, 0.4) is 0 Å².